The van der Waals surface area contributed by atoms with Crippen LogP contribution in [0, 0.1) is 0 Å². The molecule has 2 rings (SSSR count). The molecule has 0 bridgehead atoms. The van der Waals surface area contributed by atoms with E-state index < -0.39 is 0 Å². The third kappa shape index (κ3) is 2.73. The van der Waals surface area contributed by atoms with Gasteiger partial charge in [0.05, 0.1) is 23.1 Å². The first-order valence-electron chi connectivity index (χ1n) is 6.27. The number of aromatic amines is 1. The summed E-state index contributed by atoms with van der Waals surface area (Å²) in [5.74, 6) is 0. The van der Waals surface area contributed by atoms with Crippen LogP contribution in [0.2, 0.25) is 0 Å². The third-order valence-electron chi connectivity index (χ3n) is 3.15. The fourth-order valence-corrected chi connectivity index (χ4v) is 2.09. The zero-order chi connectivity index (χ0) is 13.0. The Hall–Kier alpha value is -1.75. The Kier molecular flexibility index (Phi) is 4.04. The number of hydrogen-bond donors (Lipinski definition) is 3. The summed E-state index contributed by atoms with van der Waals surface area (Å²) in [6.45, 7) is 1.20. The van der Waals surface area contributed by atoms with Crippen molar-refractivity contribution in [3.05, 3.63) is 18.3 Å². The van der Waals surface area contributed by atoms with Gasteiger partial charge in [0.15, 0.2) is 0 Å². The Bertz CT molecular complexity index is 509. The van der Waals surface area contributed by atoms with Crippen molar-refractivity contribution in [3.8, 4) is 0 Å². The maximum Gasteiger partial charge on any atom is 0.0672 e. The molecule has 0 aliphatic carbocycles. The van der Waals surface area contributed by atoms with Crippen LogP contribution in [0.5, 0.6) is 0 Å². The smallest absolute Gasteiger partial charge is 0.0672 e. The van der Waals surface area contributed by atoms with Gasteiger partial charge in [-0.3, -0.25) is 5.10 Å². The standard InChI is InChI=1S/C13H20N4O/c1-17(5-3-2-4-6-18)13-8-12-10(7-11(13)14)9-15-16-12/h7-9,18H,2-6,14H2,1H3,(H,15,16). The van der Waals surface area contributed by atoms with Gasteiger partial charge >= 0.3 is 0 Å². The van der Waals surface area contributed by atoms with Crippen LogP contribution in [0.25, 0.3) is 10.9 Å². The second-order valence-electron chi connectivity index (χ2n) is 4.57. The molecule has 1 aromatic heterocycles. The molecule has 5 heteroatoms. The molecule has 0 spiro atoms. The molecule has 0 fully saturated rings. The lowest BCUT2D eigenvalue weighted by Gasteiger charge is -2.21. The van der Waals surface area contributed by atoms with Crippen LogP contribution in [0.15, 0.2) is 18.3 Å². The van der Waals surface area contributed by atoms with Crippen LogP contribution >= 0.6 is 0 Å². The summed E-state index contributed by atoms with van der Waals surface area (Å²) in [7, 11) is 2.03. The Balaban J connectivity index is 2.06. The van der Waals surface area contributed by atoms with Gasteiger partial charge in [-0.15, -0.1) is 0 Å². The minimum Gasteiger partial charge on any atom is -0.397 e. The van der Waals surface area contributed by atoms with E-state index >= 15 is 0 Å². The van der Waals surface area contributed by atoms with Crippen molar-refractivity contribution in [2.75, 3.05) is 30.8 Å². The van der Waals surface area contributed by atoms with Gasteiger partial charge in [0.2, 0.25) is 0 Å². The first kappa shape index (κ1) is 12.7. The number of nitrogens with zero attached hydrogens (tertiary/aromatic N) is 2. The van der Waals surface area contributed by atoms with E-state index in [-0.39, 0.29) is 6.61 Å². The highest BCUT2D eigenvalue weighted by Crippen LogP contribution is 2.27. The van der Waals surface area contributed by atoms with Crippen molar-refractivity contribution in [3.63, 3.8) is 0 Å². The Morgan fingerprint density at radius 2 is 2.17 bits per heavy atom. The second kappa shape index (κ2) is 5.73. The molecule has 1 aromatic carbocycles. The normalized spacial score (nSPS) is 11.0. The maximum atomic E-state index is 8.74. The molecular weight excluding hydrogens is 228 g/mol. The molecule has 4 N–H and O–H groups in total. The fourth-order valence-electron chi connectivity index (χ4n) is 2.09. The summed E-state index contributed by atoms with van der Waals surface area (Å²) in [4.78, 5) is 2.15. The second-order valence-corrected chi connectivity index (χ2v) is 4.57. The van der Waals surface area contributed by atoms with Crippen molar-refractivity contribution in [1.82, 2.24) is 10.2 Å². The lowest BCUT2D eigenvalue weighted by Crippen LogP contribution is -2.19. The van der Waals surface area contributed by atoms with Crippen molar-refractivity contribution < 1.29 is 5.11 Å². The maximum absolute atomic E-state index is 8.74. The van der Waals surface area contributed by atoms with Gasteiger partial charge < -0.3 is 15.7 Å². The van der Waals surface area contributed by atoms with Gasteiger partial charge in [0.25, 0.3) is 0 Å². The molecule has 2 aromatic rings. The predicted octanol–water partition coefficient (Wildman–Crippen LogP) is 1.74. The van der Waals surface area contributed by atoms with E-state index in [9.17, 15) is 0 Å². The number of nitrogen functional groups attached to an aromatic ring is 1. The first-order chi connectivity index (χ1) is 8.72. The van der Waals surface area contributed by atoms with Gasteiger partial charge in [-0.2, -0.15) is 5.10 Å². The lowest BCUT2D eigenvalue weighted by atomic mass is 10.1. The zero-order valence-corrected chi connectivity index (χ0v) is 10.7. The quantitative estimate of drug-likeness (QED) is 0.537. The van der Waals surface area contributed by atoms with Crippen LogP contribution < -0.4 is 10.6 Å². The number of nitrogens with one attached hydrogen (secondary N) is 1. The summed E-state index contributed by atoms with van der Waals surface area (Å²) in [5, 5.41) is 16.7. The largest absolute Gasteiger partial charge is 0.397 e. The van der Waals surface area contributed by atoms with E-state index in [1.165, 1.54) is 0 Å². The number of H-pyrrole nitrogens is 1. The van der Waals surface area contributed by atoms with Gasteiger partial charge in [-0.05, 0) is 31.4 Å². The predicted molar refractivity (Wildman–Crippen MR) is 74.7 cm³/mol. The SMILES string of the molecule is CN(CCCCCO)c1cc2[nH]ncc2cc1N. The summed E-state index contributed by atoms with van der Waals surface area (Å²) in [5.41, 5.74) is 8.85. The number of aliphatic hydroxyl groups is 1. The number of anilines is 2. The number of rotatable bonds is 6. The van der Waals surface area contributed by atoms with Gasteiger partial charge in [-0.25, -0.2) is 0 Å². The number of aliphatic hydroxyl groups excluding tert-OH is 1. The highest BCUT2D eigenvalue weighted by Gasteiger charge is 2.07. The number of benzene rings is 1. The fraction of sp³-hybridized carbons (Fsp3) is 0.462. The number of aromatic nitrogens is 2. The molecule has 0 amide bonds. The molecule has 5 nitrogen and oxygen atoms in total. The highest BCUT2D eigenvalue weighted by molar-refractivity contribution is 5.88. The van der Waals surface area contributed by atoms with Crippen molar-refractivity contribution in [2.45, 2.75) is 19.3 Å². The number of unbranched alkanes of at least 4 members (excludes halogenated alkanes) is 2. The average Bonchev–Trinajstić information content (AvgIpc) is 2.80. The number of hydrogen-bond acceptors (Lipinski definition) is 4. The lowest BCUT2D eigenvalue weighted by molar-refractivity contribution is 0.283. The van der Waals surface area contributed by atoms with E-state index in [4.69, 9.17) is 10.8 Å². The number of nitrogens with two attached hydrogens (primary N) is 1. The molecule has 1 heterocycles. The molecule has 98 valence electrons. The van der Waals surface area contributed by atoms with Crippen molar-refractivity contribution >= 4 is 22.3 Å². The Morgan fingerprint density at radius 3 is 2.94 bits per heavy atom. The summed E-state index contributed by atoms with van der Waals surface area (Å²) in [6.07, 6.45) is 4.73. The molecule has 0 unspecified atom stereocenters. The van der Waals surface area contributed by atoms with Crippen LogP contribution in [0.3, 0.4) is 0 Å². The summed E-state index contributed by atoms with van der Waals surface area (Å²) >= 11 is 0. The Labute approximate surface area is 107 Å². The van der Waals surface area contributed by atoms with Crippen LogP contribution in [-0.4, -0.2) is 35.5 Å². The topological polar surface area (TPSA) is 78.2 Å². The van der Waals surface area contributed by atoms with Crippen molar-refractivity contribution in [2.24, 2.45) is 0 Å². The summed E-state index contributed by atoms with van der Waals surface area (Å²) < 4.78 is 0. The summed E-state index contributed by atoms with van der Waals surface area (Å²) in [6, 6.07) is 3.97. The highest BCUT2D eigenvalue weighted by atomic mass is 16.2. The van der Waals surface area contributed by atoms with Gasteiger partial charge in [0.1, 0.15) is 0 Å². The van der Waals surface area contributed by atoms with Gasteiger partial charge in [-0.1, -0.05) is 0 Å². The van der Waals surface area contributed by atoms with Crippen molar-refractivity contribution in [1.29, 1.82) is 0 Å². The van der Waals surface area contributed by atoms with E-state index in [1.54, 1.807) is 6.20 Å². The molecule has 0 radical (unpaired) electrons. The van der Waals surface area contributed by atoms with E-state index in [1.807, 2.05) is 19.2 Å². The first-order valence-corrected chi connectivity index (χ1v) is 6.27. The molecule has 0 aliphatic heterocycles. The van der Waals surface area contributed by atoms with E-state index in [2.05, 4.69) is 15.1 Å². The third-order valence-corrected chi connectivity index (χ3v) is 3.15. The van der Waals surface area contributed by atoms with Crippen LogP contribution in [0.4, 0.5) is 11.4 Å². The molecule has 0 aliphatic rings. The van der Waals surface area contributed by atoms with Gasteiger partial charge in [0, 0.05) is 25.6 Å². The van der Waals surface area contributed by atoms with Crippen LogP contribution in [-0.2, 0) is 0 Å². The van der Waals surface area contributed by atoms with E-state index in [0.717, 1.165) is 48.1 Å². The van der Waals surface area contributed by atoms with E-state index in [0.29, 0.717) is 0 Å². The Morgan fingerprint density at radius 1 is 1.33 bits per heavy atom. The monoisotopic (exact) mass is 248 g/mol. The minimum atomic E-state index is 0.270. The molecule has 0 saturated heterocycles. The number of fused-ring (bicyclic) bond motifs is 1. The average molecular weight is 248 g/mol. The molecule has 18 heavy (non-hydrogen) atoms. The minimum absolute atomic E-state index is 0.270. The molecular formula is C13H20N4O. The molecule has 0 saturated carbocycles. The molecule has 0 atom stereocenters. The zero-order valence-electron chi connectivity index (χ0n) is 10.7. The van der Waals surface area contributed by atoms with Crippen LogP contribution in [0.1, 0.15) is 19.3 Å².